The molecule has 0 aromatic heterocycles. The molecule has 0 spiro atoms. The Morgan fingerprint density at radius 2 is 1.68 bits per heavy atom. The molecule has 2 rings (SSSR count). The highest BCUT2D eigenvalue weighted by molar-refractivity contribution is 5.84. The maximum atomic E-state index is 13.0. The summed E-state index contributed by atoms with van der Waals surface area (Å²) < 4.78 is 38.9. The summed E-state index contributed by atoms with van der Waals surface area (Å²) in [6.45, 7) is 0.553. The molecule has 2 fully saturated rings. The molecule has 3 nitrogen and oxygen atoms in total. The third-order valence-electron chi connectivity index (χ3n) is 4.14. The maximum Gasteiger partial charge on any atom is 0.392 e. The van der Waals surface area contributed by atoms with Gasteiger partial charge in [0.25, 0.3) is 0 Å². The van der Waals surface area contributed by atoms with E-state index in [1.54, 1.807) is 0 Å². The van der Waals surface area contributed by atoms with E-state index in [2.05, 4.69) is 0 Å². The van der Waals surface area contributed by atoms with Gasteiger partial charge < -0.3 is 4.90 Å². The van der Waals surface area contributed by atoms with Crippen LogP contribution in [0.15, 0.2) is 0 Å². The van der Waals surface area contributed by atoms with Crippen LogP contribution < -0.4 is 0 Å². The Morgan fingerprint density at radius 1 is 1.11 bits per heavy atom. The molecule has 0 aromatic rings. The topological polar surface area (TPSA) is 37.4 Å². The summed E-state index contributed by atoms with van der Waals surface area (Å²) in [5, 5.41) is 0. The molecule has 108 valence electrons. The van der Waals surface area contributed by atoms with Crippen LogP contribution in [0.25, 0.3) is 0 Å². The van der Waals surface area contributed by atoms with Crippen molar-refractivity contribution in [2.24, 2.45) is 11.8 Å². The number of amides is 1. The molecule has 1 aliphatic carbocycles. The minimum atomic E-state index is -4.30. The Morgan fingerprint density at radius 3 is 2.26 bits per heavy atom. The van der Waals surface area contributed by atoms with E-state index >= 15 is 0 Å². The van der Waals surface area contributed by atoms with Crippen molar-refractivity contribution in [1.82, 2.24) is 4.90 Å². The third kappa shape index (κ3) is 3.28. The van der Waals surface area contributed by atoms with E-state index in [9.17, 15) is 22.8 Å². The van der Waals surface area contributed by atoms with Gasteiger partial charge in [0.2, 0.25) is 5.91 Å². The molecule has 1 saturated heterocycles. The Kier molecular flexibility index (Phi) is 4.16. The van der Waals surface area contributed by atoms with E-state index in [1.807, 2.05) is 0 Å². The molecule has 0 bridgehead atoms. The van der Waals surface area contributed by atoms with Gasteiger partial charge >= 0.3 is 6.18 Å². The maximum absolute atomic E-state index is 13.0. The molecule has 1 amide bonds. The Balaban J connectivity index is 2.05. The number of carbonyl (C=O) groups is 2. The highest BCUT2D eigenvalue weighted by Crippen LogP contribution is 2.42. The first-order valence-corrected chi connectivity index (χ1v) is 6.77. The van der Waals surface area contributed by atoms with Gasteiger partial charge in [0, 0.05) is 31.8 Å². The molecule has 2 atom stereocenters. The van der Waals surface area contributed by atoms with Crippen molar-refractivity contribution in [2.45, 2.75) is 44.7 Å². The summed E-state index contributed by atoms with van der Waals surface area (Å²) in [4.78, 5) is 24.8. The predicted molar refractivity (Wildman–Crippen MR) is 62.3 cm³/mol. The molecule has 0 radical (unpaired) electrons. The Bertz CT molecular complexity index is 357. The van der Waals surface area contributed by atoms with Crippen LogP contribution in [-0.2, 0) is 9.59 Å². The number of halogens is 3. The highest BCUT2D eigenvalue weighted by atomic mass is 19.4. The molecule has 1 aliphatic heterocycles. The van der Waals surface area contributed by atoms with Crippen molar-refractivity contribution in [3.63, 3.8) is 0 Å². The van der Waals surface area contributed by atoms with Gasteiger partial charge in [-0.1, -0.05) is 12.8 Å². The second-order valence-electron chi connectivity index (χ2n) is 5.40. The zero-order chi connectivity index (χ0) is 14.0. The number of rotatable bonds is 1. The van der Waals surface area contributed by atoms with Crippen molar-refractivity contribution >= 4 is 11.7 Å². The summed E-state index contributed by atoms with van der Waals surface area (Å²) in [6, 6.07) is 0. The van der Waals surface area contributed by atoms with Gasteiger partial charge in [-0.05, 0) is 12.8 Å². The van der Waals surface area contributed by atoms with E-state index in [-0.39, 0.29) is 38.1 Å². The number of likely N-dealkylation sites (tertiary alicyclic amines) is 1. The monoisotopic (exact) mass is 277 g/mol. The second kappa shape index (κ2) is 5.51. The largest absolute Gasteiger partial charge is 0.392 e. The van der Waals surface area contributed by atoms with Crippen LogP contribution in [0.2, 0.25) is 0 Å². The fraction of sp³-hybridized carbons (Fsp3) is 0.846. The Labute approximate surface area is 110 Å². The quantitative estimate of drug-likeness (QED) is 0.738. The zero-order valence-corrected chi connectivity index (χ0v) is 10.7. The summed E-state index contributed by atoms with van der Waals surface area (Å²) in [5.74, 6) is -2.78. The lowest BCUT2D eigenvalue weighted by Gasteiger charge is -2.36. The minimum Gasteiger partial charge on any atom is -0.342 e. The second-order valence-corrected chi connectivity index (χ2v) is 5.40. The van der Waals surface area contributed by atoms with Crippen molar-refractivity contribution in [3.8, 4) is 0 Å². The standard InChI is InChI=1S/C13H18F3NO2/c14-13(15,16)11-4-2-1-3-10(11)12(19)17-7-5-9(18)6-8-17/h10-11H,1-8H2. The molecule has 1 heterocycles. The van der Waals surface area contributed by atoms with Crippen molar-refractivity contribution in [3.05, 3.63) is 0 Å². The van der Waals surface area contributed by atoms with Crippen molar-refractivity contribution in [2.75, 3.05) is 13.1 Å². The van der Waals surface area contributed by atoms with Crippen molar-refractivity contribution < 1.29 is 22.8 Å². The normalized spacial score (nSPS) is 29.4. The van der Waals surface area contributed by atoms with Crippen LogP contribution in [0.1, 0.15) is 38.5 Å². The van der Waals surface area contributed by atoms with E-state index < -0.39 is 23.9 Å². The number of nitrogens with zero attached hydrogens (tertiary/aromatic N) is 1. The molecule has 0 aromatic carbocycles. The van der Waals surface area contributed by atoms with E-state index in [0.717, 1.165) is 0 Å². The predicted octanol–water partition coefficient (Wildman–Crippen LogP) is 2.55. The number of hydrogen-bond acceptors (Lipinski definition) is 2. The smallest absolute Gasteiger partial charge is 0.342 e. The zero-order valence-electron chi connectivity index (χ0n) is 10.7. The first-order valence-electron chi connectivity index (χ1n) is 6.77. The molecule has 19 heavy (non-hydrogen) atoms. The molecular formula is C13H18F3NO2. The van der Waals surface area contributed by atoms with Gasteiger partial charge in [0.1, 0.15) is 5.78 Å². The van der Waals surface area contributed by atoms with Crippen LogP contribution in [0.3, 0.4) is 0 Å². The molecule has 1 saturated carbocycles. The molecule has 2 unspecified atom stereocenters. The molecular weight excluding hydrogens is 259 g/mol. The van der Waals surface area contributed by atoms with E-state index in [1.165, 1.54) is 4.90 Å². The molecule has 6 heteroatoms. The molecule has 2 aliphatic rings. The lowest BCUT2D eigenvalue weighted by Crippen LogP contribution is -2.47. The molecule has 0 N–H and O–H groups in total. The first-order chi connectivity index (χ1) is 8.89. The SMILES string of the molecule is O=C1CCN(C(=O)C2CCCCC2C(F)(F)F)CC1. The van der Waals surface area contributed by atoms with E-state index in [4.69, 9.17) is 0 Å². The summed E-state index contributed by atoms with van der Waals surface area (Å²) in [6.07, 6.45) is -2.18. The number of hydrogen-bond donors (Lipinski definition) is 0. The van der Waals surface area contributed by atoms with Crippen LogP contribution in [-0.4, -0.2) is 35.9 Å². The summed E-state index contributed by atoms with van der Waals surface area (Å²) >= 11 is 0. The average molecular weight is 277 g/mol. The lowest BCUT2D eigenvalue weighted by atomic mass is 9.77. The fourth-order valence-corrected chi connectivity index (χ4v) is 3.03. The van der Waals surface area contributed by atoms with Crippen LogP contribution >= 0.6 is 0 Å². The van der Waals surface area contributed by atoms with Crippen molar-refractivity contribution in [1.29, 1.82) is 0 Å². The first kappa shape index (κ1) is 14.3. The van der Waals surface area contributed by atoms with Gasteiger partial charge in [-0.15, -0.1) is 0 Å². The summed E-state index contributed by atoms with van der Waals surface area (Å²) in [7, 11) is 0. The van der Waals surface area contributed by atoms with Gasteiger partial charge in [0.15, 0.2) is 0 Å². The fourth-order valence-electron chi connectivity index (χ4n) is 3.03. The number of carbonyl (C=O) groups excluding carboxylic acids is 2. The highest BCUT2D eigenvalue weighted by Gasteiger charge is 2.49. The summed E-state index contributed by atoms with van der Waals surface area (Å²) in [5.41, 5.74) is 0. The Hall–Kier alpha value is -1.07. The minimum absolute atomic E-state index is 0.0483. The third-order valence-corrected chi connectivity index (χ3v) is 4.14. The number of Topliss-reactive ketones (excluding diaryl/α,β-unsaturated/α-hetero) is 1. The van der Waals surface area contributed by atoms with Gasteiger partial charge in [-0.3, -0.25) is 9.59 Å². The number of alkyl halides is 3. The lowest BCUT2D eigenvalue weighted by molar-refractivity contribution is -0.201. The number of ketones is 1. The van der Waals surface area contributed by atoms with Gasteiger partial charge in [0.05, 0.1) is 5.92 Å². The number of piperidine rings is 1. The average Bonchev–Trinajstić information content (AvgIpc) is 2.38. The van der Waals surface area contributed by atoms with Gasteiger partial charge in [-0.25, -0.2) is 0 Å². The van der Waals surface area contributed by atoms with Crippen LogP contribution in [0, 0.1) is 11.8 Å². The van der Waals surface area contributed by atoms with Gasteiger partial charge in [-0.2, -0.15) is 13.2 Å². The van der Waals surface area contributed by atoms with E-state index in [0.29, 0.717) is 19.3 Å². The van der Waals surface area contributed by atoms with Crippen LogP contribution in [0.4, 0.5) is 13.2 Å². The van der Waals surface area contributed by atoms with Crippen LogP contribution in [0.5, 0.6) is 0 Å².